The number of fused-ring (bicyclic) bond motifs is 1. The zero-order valence-corrected chi connectivity index (χ0v) is 13.0. The van der Waals surface area contributed by atoms with Gasteiger partial charge in [-0.25, -0.2) is 0 Å². The number of hydrazine groups is 1. The van der Waals surface area contributed by atoms with Crippen molar-refractivity contribution in [1.82, 2.24) is 9.42 Å². The second kappa shape index (κ2) is 5.91. The Morgan fingerprint density at radius 1 is 1.30 bits per heavy atom. The number of alkyl halides is 3. The van der Waals surface area contributed by atoms with E-state index in [-0.39, 0.29) is 12.1 Å². The van der Waals surface area contributed by atoms with Gasteiger partial charge in [-0.1, -0.05) is 24.1 Å². The molecule has 1 fully saturated rings. The van der Waals surface area contributed by atoms with Crippen LogP contribution in [0.1, 0.15) is 11.1 Å². The maximum Gasteiger partial charge on any atom is 0.416 e. The maximum atomic E-state index is 12.6. The van der Waals surface area contributed by atoms with Crippen LogP contribution >= 0.6 is 11.9 Å². The average molecular weight is 338 g/mol. The lowest BCUT2D eigenvalue weighted by atomic mass is 10.0. The number of nitrogens with zero attached hydrogens (tertiary/aromatic N) is 4. The van der Waals surface area contributed by atoms with Gasteiger partial charge >= 0.3 is 6.18 Å². The maximum absolute atomic E-state index is 12.6. The summed E-state index contributed by atoms with van der Waals surface area (Å²) >= 11 is 1.50. The van der Waals surface area contributed by atoms with Gasteiger partial charge in [0.1, 0.15) is 5.92 Å². The standard InChI is InChI=1S/C15H13F3N4S/c1-23-22-9-11(8-19)14-20-13(6-7-21(14)22)10-2-4-12(5-3-10)15(16,17)18/h2-7,11,14H,9H2,1H3. The molecule has 3 rings (SSSR count). The molecular weight excluding hydrogens is 325 g/mol. The summed E-state index contributed by atoms with van der Waals surface area (Å²) in [5.41, 5.74) is 0.504. The van der Waals surface area contributed by atoms with Crippen molar-refractivity contribution in [2.45, 2.75) is 12.3 Å². The molecule has 23 heavy (non-hydrogen) atoms. The fourth-order valence-corrected chi connectivity index (χ4v) is 3.24. The van der Waals surface area contributed by atoms with E-state index in [0.717, 1.165) is 12.1 Å². The lowest BCUT2D eigenvalue weighted by molar-refractivity contribution is -0.137. The average Bonchev–Trinajstić information content (AvgIpc) is 2.91. The Hall–Kier alpha value is -1.98. The summed E-state index contributed by atoms with van der Waals surface area (Å²) in [5, 5.41) is 11.2. The number of hydrogen-bond donors (Lipinski definition) is 0. The van der Waals surface area contributed by atoms with Crippen LogP contribution in [-0.2, 0) is 6.18 Å². The monoisotopic (exact) mass is 338 g/mol. The Morgan fingerprint density at radius 3 is 2.57 bits per heavy atom. The fraction of sp³-hybridized carbons (Fsp3) is 0.333. The van der Waals surface area contributed by atoms with E-state index < -0.39 is 11.7 Å². The van der Waals surface area contributed by atoms with Gasteiger partial charge in [0.05, 0.1) is 17.3 Å². The van der Waals surface area contributed by atoms with Crippen molar-refractivity contribution in [3.63, 3.8) is 0 Å². The highest BCUT2D eigenvalue weighted by atomic mass is 32.2. The van der Waals surface area contributed by atoms with Gasteiger partial charge in [0.15, 0.2) is 6.17 Å². The van der Waals surface area contributed by atoms with Gasteiger partial charge in [-0.2, -0.15) is 22.8 Å². The normalized spacial score (nSPS) is 24.3. The summed E-state index contributed by atoms with van der Waals surface area (Å²) in [6.07, 6.45) is 0.797. The van der Waals surface area contributed by atoms with Crippen molar-refractivity contribution in [2.24, 2.45) is 10.9 Å². The Kier molecular flexibility index (Phi) is 4.08. The smallest absolute Gasteiger partial charge is 0.278 e. The van der Waals surface area contributed by atoms with Crippen molar-refractivity contribution >= 4 is 17.7 Å². The van der Waals surface area contributed by atoms with Crippen molar-refractivity contribution in [1.29, 1.82) is 5.26 Å². The number of nitriles is 1. The minimum absolute atomic E-state index is 0.281. The fourth-order valence-electron chi connectivity index (χ4n) is 2.59. The summed E-state index contributed by atoms with van der Waals surface area (Å²) in [6.45, 7) is 0.566. The summed E-state index contributed by atoms with van der Waals surface area (Å²) in [6, 6.07) is 7.14. The predicted molar refractivity (Wildman–Crippen MR) is 82.1 cm³/mol. The summed E-state index contributed by atoms with van der Waals surface area (Å²) in [7, 11) is 0. The minimum Gasteiger partial charge on any atom is -0.278 e. The van der Waals surface area contributed by atoms with Crippen LogP contribution in [0.3, 0.4) is 0 Å². The zero-order chi connectivity index (χ0) is 16.6. The molecule has 2 aliphatic heterocycles. The van der Waals surface area contributed by atoms with Gasteiger partial charge in [0, 0.05) is 12.7 Å². The number of rotatable bonds is 2. The Balaban J connectivity index is 1.88. The molecule has 8 heteroatoms. The molecule has 1 aromatic rings. The number of benzene rings is 1. The minimum atomic E-state index is -4.35. The second-order valence-electron chi connectivity index (χ2n) is 5.15. The van der Waals surface area contributed by atoms with Crippen LogP contribution in [0.25, 0.3) is 0 Å². The van der Waals surface area contributed by atoms with E-state index in [2.05, 4.69) is 11.1 Å². The molecule has 120 valence electrons. The molecule has 2 atom stereocenters. The van der Waals surface area contributed by atoms with Crippen LogP contribution in [0.4, 0.5) is 13.2 Å². The Labute approximate surface area is 136 Å². The number of halogens is 3. The highest BCUT2D eigenvalue weighted by Gasteiger charge is 2.40. The van der Waals surface area contributed by atoms with Crippen molar-refractivity contribution in [3.8, 4) is 6.07 Å². The van der Waals surface area contributed by atoms with E-state index in [0.29, 0.717) is 17.8 Å². The summed E-state index contributed by atoms with van der Waals surface area (Å²) in [4.78, 5) is 4.55. The quantitative estimate of drug-likeness (QED) is 0.776. The number of hydrogen-bond acceptors (Lipinski definition) is 5. The first-order valence-corrected chi connectivity index (χ1v) is 8.05. The zero-order valence-electron chi connectivity index (χ0n) is 12.2. The van der Waals surface area contributed by atoms with Crippen molar-refractivity contribution < 1.29 is 13.2 Å². The molecule has 0 radical (unpaired) electrons. The van der Waals surface area contributed by atoms with Crippen LogP contribution in [0.15, 0.2) is 41.5 Å². The van der Waals surface area contributed by atoms with Gasteiger partial charge in [0.25, 0.3) is 0 Å². The van der Waals surface area contributed by atoms with E-state index in [1.807, 2.05) is 21.9 Å². The van der Waals surface area contributed by atoms with Crippen LogP contribution in [0.5, 0.6) is 0 Å². The topological polar surface area (TPSA) is 42.6 Å². The summed E-state index contributed by atoms with van der Waals surface area (Å²) in [5.74, 6) is -0.281. The van der Waals surface area contributed by atoms with Crippen molar-refractivity contribution in [3.05, 3.63) is 47.7 Å². The molecule has 0 saturated carbocycles. The first-order valence-electron chi connectivity index (χ1n) is 6.87. The Morgan fingerprint density at radius 2 is 2.00 bits per heavy atom. The van der Waals surface area contributed by atoms with E-state index in [1.54, 1.807) is 6.08 Å². The molecule has 0 N–H and O–H groups in total. The van der Waals surface area contributed by atoms with Gasteiger partial charge in [-0.05, 0) is 30.0 Å². The van der Waals surface area contributed by atoms with Crippen LogP contribution in [-0.4, -0.2) is 34.1 Å². The first kappa shape index (κ1) is 15.9. The molecule has 1 saturated heterocycles. The van der Waals surface area contributed by atoms with Gasteiger partial charge in [-0.3, -0.25) is 10.0 Å². The molecule has 4 nitrogen and oxygen atoms in total. The third-order valence-electron chi connectivity index (χ3n) is 3.78. The molecular formula is C15H13F3N4S. The molecule has 0 aliphatic carbocycles. The predicted octanol–water partition coefficient (Wildman–Crippen LogP) is 3.30. The molecule has 2 aliphatic rings. The number of allylic oxidation sites excluding steroid dienone is 1. The third kappa shape index (κ3) is 2.94. The van der Waals surface area contributed by atoms with E-state index >= 15 is 0 Å². The van der Waals surface area contributed by atoms with Gasteiger partial charge in [-0.15, -0.1) is 0 Å². The summed E-state index contributed by atoms with van der Waals surface area (Å²) < 4.78 is 39.8. The SMILES string of the molecule is CSN1CC(C#N)C2N=C(c3ccc(C(F)(F)F)cc3)C=CN21. The van der Waals surface area contributed by atoms with Gasteiger partial charge in [0.2, 0.25) is 0 Å². The molecule has 2 heterocycles. The van der Waals surface area contributed by atoms with Crippen LogP contribution in [0, 0.1) is 17.2 Å². The molecule has 0 bridgehead atoms. The van der Waals surface area contributed by atoms with E-state index in [4.69, 9.17) is 0 Å². The Bertz CT molecular complexity index is 690. The highest BCUT2D eigenvalue weighted by Crippen LogP contribution is 2.33. The second-order valence-corrected chi connectivity index (χ2v) is 5.94. The van der Waals surface area contributed by atoms with Crippen LogP contribution in [0.2, 0.25) is 0 Å². The highest BCUT2D eigenvalue weighted by molar-refractivity contribution is 7.96. The lowest BCUT2D eigenvalue weighted by Crippen LogP contribution is -2.35. The largest absolute Gasteiger partial charge is 0.416 e. The molecule has 0 amide bonds. The molecule has 0 spiro atoms. The number of aliphatic imine (C=N–C) groups is 1. The van der Waals surface area contributed by atoms with Crippen LogP contribution < -0.4 is 0 Å². The van der Waals surface area contributed by atoms with E-state index in [9.17, 15) is 18.4 Å². The lowest BCUT2D eigenvalue weighted by Gasteiger charge is -2.30. The van der Waals surface area contributed by atoms with Crippen molar-refractivity contribution in [2.75, 3.05) is 12.8 Å². The molecule has 1 aromatic carbocycles. The van der Waals surface area contributed by atoms with Gasteiger partial charge < -0.3 is 0 Å². The third-order valence-corrected chi connectivity index (χ3v) is 4.54. The molecule has 0 aromatic heterocycles. The van der Waals surface area contributed by atoms with E-state index in [1.165, 1.54) is 24.1 Å². The molecule has 2 unspecified atom stereocenters. The first-order chi connectivity index (χ1) is 10.9.